The minimum Gasteiger partial charge on any atom is -0.381 e. The molecular formula is C14H20ClNO. The third kappa shape index (κ3) is 3.44. The molecule has 0 saturated heterocycles. The number of benzene rings is 1. The number of halogens is 1. The van der Waals surface area contributed by atoms with Crippen LogP contribution < -0.4 is 5.32 Å². The maximum atomic E-state index is 6.11. The molecule has 1 fully saturated rings. The van der Waals surface area contributed by atoms with E-state index in [0.717, 1.165) is 23.6 Å². The van der Waals surface area contributed by atoms with Crippen LogP contribution in [0.4, 0.5) is 0 Å². The summed E-state index contributed by atoms with van der Waals surface area (Å²) in [7, 11) is 1.80. The summed E-state index contributed by atoms with van der Waals surface area (Å²) in [6.45, 7) is 2.92. The van der Waals surface area contributed by atoms with E-state index in [2.05, 4.69) is 17.4 Å². The lowest BCUT2D eigenvalue weighted by atomic mass is 10.1. The molecule has 0 radical (unpaired) electrons. The summed E-state index contributed by atoms with van der Waals surface area (Å²) in [6, 6.07) is 6.84. The summed E-state index contributed by atoms with van der Waals surface area (Å²) in [5.74, 6) is 0. The number of ether oxygens (including phenoxy) is 1. The van der Waals surface area contributed by atoms with Crippen molar-refractivity contribution in [2.75, 3.05) is 7.11 Å². The molecule has 1 N–H and O–H groups in total. The second kappa shape index (κ2) is 5.85. The van der Waals surface area contributed by atoms with Crippen molar-refractivity contribution in [2.24, 2.45) is 0 Å². The van der Waals surface area contributed by atoms with Gasteiger partial charge >= 0.3 is 0 Å². The molecule has 1 aromatic carbocycles. The van der Waals surface area contributed by atoms with Crippen molar-refractivity contribution >= 4 is 11.6 Å². The molecule has 3 heteroatoms. The SMILES string of the molecule is COC1CCC(NCc2ccc(C)c(Cl)c2)C1. The largest absolute Gasteiger partial charge is 0.381 e. The Hall–Kier alpha value is -0.570. The number of hydrogen-bond donors (Lipinski definition) is 1. The lowest BCUT2D eigenvalue weighted by Crippen LogP contribution is -2.26. The molecule has 0 aromatic heterocycles. The van der Waals surface area contributed by atoms with E-state index in [1.165, 1.54) is 18.4 Å². The van der Waals surface area contributed by atoms with Crippen molar-refractivity contribution in [2.45, 2.75) is 44.9 Å². The van der Waals surface area contributed by atoms with Crippen molar-refractivity contribution in [1.82, 2.24) is 5.32 Å². The molecule has 94 valence electrons. The summed E-state index contributed by atoms with van der Waals surface area (Å²) >= 11 is 6.11. The maximum absolute atomic E-state index is 6.11. The van der Waals surface area contributed by atoms with Gasteiger partial charge in [-0.25, -0.2) is 0 Å². The van der Waals surface area contributed by atoms with Gasteiger partial charge in [0.1, 0.15) is 0 Å². The monoisotopic (exact) mass is 253 g/mol. The second-order valence-corrected chi connectivity index (χ2v) is 5.24. The zero-order valence-electron chi connectivity index (χ0n) is 10.5. The van der Waals surface area contributed by atoms with Gasteiger partial charge in [0, 0.05) is 24.7 Å². The standard InChI is InChI=1S/C14H20ClNO/c1-10-3-4-11(7-14(10)15)9-16-12-5-6-13(8-12)17-2/h3-4,7,12-13,16H,5-6,8-9H2,1-2H3. The Kier molecular flexibility index (Phi) is 4.43. The smallest absolute Gasteiger partial charge is 0.0586 e. The molecule has 1 aromatic rings. The fraction of sp³-hybridized carbons (Fsp3) is 0.571. The first-order valence-corrected chi connectivity index (χ1v) is 6.58. The van der Waals surface area contributed by atoms with Crippen molar-refractivity contribution in [1.29, 1.82) is 0 Å². The van der Waals surface area contributed by atoms with E-state index < -0.39 is 0 Å². The van der Waals surface area contributed by atoms with Crippen molar-refractivity contribution in [3.8, 4) is 0 Å². The van der Waals surface area contributed by atoms with E-state index in [-0.39, 0.29) is 0 Å². The first-order valence-electron chi connectivity index (χ1n) is 6.20. The van der Waals surface area contributed by atoms with E-state index in [0.29, 0.717) is 12.1 Å². The van der Waals surface area contributed by atoms with Crippen LogP contribution in [-0.2, 0) is 11.3 Å². The minimum atomic E-state index is 0.439. The van der Waals surface area contributed by atoms with Gasteiger partial charge in [0.05, 0.1) is 6.10 Å². The highest BCUT2D eigenvalue weighted by Gasteiger charge is 2.23. The van der Waals surface area contributed by atoms with Gasteiger partial charge in [-0.3, -0.25) is 0 Å². The maximum Gasteiger partial charge on any atom is 0.0586 e. The average Bonchev–Trinajstić information content (AvgIpc) is 2.79. The Labute approximate surface area is 108 Å². The molecule has 2 nitrogen and oxygen atoms in total. The Bertz CT molecular complexity index is 380. The second-order valence-electron chi connectivity index (χ2n) is 4.83. The fourth-order valence-electron chi connectivity index (χ4n) is 2.35. The Morgan fingerprint density at radius 2 is 2.24 bits per heavy atom. The van der Waals surface area contributed by atoms with E-state index in [1.54, 1.807) is 7.11 Å². The average molecular weight is 254 g/mol. The van der Waals surface area contributed by atoms with Gasteiger partial charge in [-0.2, -0.15) is 0 Å². The Morgan fingerprint density at radius 1 is 1.41 bits per heavy atom. The topological polar surface area (TPSA) is 21.3 Å². The van der Waals surface area contributed by atoms with Gasteiger partial charge < -0.3 is 10.1 Å². The van der Waals surface area contributed by atoms with Gasteiger partial charge in [0.15, 0.2) is 0 Å². The van der Waals surface area contributed by atoms with Gasteiger partial charge in [0.25, 0.3) is 0 Å². The summed E-state index contributed by atoms with van der Waals surface area (Å²) < 4.78 is 5.37. The first-order chi connectivity index (χ1) is 8.19. The van der Waals surface area contributed by atoms with Crippen LogP contribution in [0.3, 0.4) is 0 Å². The number of nitrogens with one attached hydrogen (secondary N) is 1. The number of aryl methyl sites for hydroxylation is 1. The van der Waals surface area contributed by atoms with Crippen LogP contribution in [0.1, 0.15) is 30.4 Å². The van der Waals surface area contributed by atoms with Crippen molar-refractivity contribution in [3.63, 3.8) is 0 Å². The predicted octanol–water partition coefficient (Wildman–Crippen LogP) is 3.31. The zero-order valence-corrected chi connectivity index (χ0v) is 11.3. The van der Waals surface area contributed by atoms with Crippen LogP contribution in [0.15, 0.2) is 18.2 Å². The Morgan fingerprint density at radius 3 is 2.88 bits per heavy atom. The molecule has 0 heterocycles. The van der Waals surface area contributed by atoms with Gasteiger partial charge in [-0.15, -0.1) is 0 Å². The first kappa shape index (κ1) is 12.9. The van der Waals surface area contributed by atoms with Crippen LogP contribution >= 0.6 is 11.6 Å². The molecule has 1 saturated carbocycles. The van der Waals surface area contributed by atoms with E-state index in [9.17, 15) is 0 Å². The number of rotatable bonds is 4. The van der Waals surface area contributed by atoms with Crippen LogP contribution in [0, 0.1) is 6.92 Å². The molecule has 2 atom stereocenters. The normalized spacial score (nSPS) is 24.2. The third-order valence-corrected chi connectivity index (χ3v) is 3.96. The molecule has 0 amide bonds. The molecule has 2 rings (SSSR count). The van der Waals surface area contributed by atoms with Gasteiger partial charge in [-0.05, 0) is 43.4 Å². The van der Waals surface area contributed by atoms with E-state index >= 15 is 0 Å². The lowest BCUT2D eigenvalue weighted by molar-refractivity contribution is 0.107. The summed E-state index contributed by atoms with van der Waals surface area (Å²) in [6.07, 6.45) is 3.94. The molecular weight excluding hydrogens is 234 g/mol. The molecule has 0 aliphatic heterocycles. The van der Waals surface area contributed by atoms with E-state index in [1.807, 2.05) is 13.0 Å². The highest BCUT2D eigenvalue weighted by molar-refractivity contribution is 6.31. The minimum absolute atomic E-state index is 0.439. The fourth-order valence-corrected chi connectivity index (χ4v) is 2.55. The van der Waals surface area contributed by atoms with Crippen LogP contribution in [0.2, 0.25) is 5.02 Å². The lowest BCUT2D eigenvalue weighted by Gasteiger charge is -2.13. The third-order valence-electron chi connectivity index (χ3n) is 3.55. The molecule has 2 unspecified atom stereocenters. The van der Waals surface area contributed by atoms with E-state index in [4.69, 9.17) is 16.3 Å². The quantitative estimate of drug-likeness (QED) is 0.889. The highest BCUT2D eigenvalue weighted by Crippen LogP contribution is 2.22. The molecule has 1 aliphatic rings. The van der Waals surface area contributed by atoms with Crippen LogP contribution in [0.5, 0.6) is 0 Å². The van der Waals surface area contributed by atoms with Gasteiger partial charge in [0.2, 0.25) is 0 Å². The molecule has 0 spiro atoms. The van der Waals surface area contributed by atoms with Crippen molar-refractivity contribution < 1.29 is 4.74 Å². The predicted molar refractivity (Wildman–Crippen MR) is 71.5 cm³/mol. The molecule has 17 heavy (non-hydrogen) atoms. The highest BCUT2D eigenvalue weighted by atomic mass is 35.5. The van der Waals surface area contributed by atoms with Crippen LogP contribution in [0.25, 0.3) is 0 Å². The summed E-state index contributed by atoms with van der Waals surface area (Å²) in [4.78, 5) is 0. The Balaban J connectivity index is 1.84. The number of hydrogen-bond acceptors (Lipinski definition) is 2. The van der Waals surface area contributed by atoms with Crippen LogP contribution in [-0.4, -0.2) is 19.3 Å². The van der Waals surface area contributed by atoms with Gasteiger partial charge in [-0.1, -0.05) is 23.7 Å². The summed E-state index contributed by atoms with van der Waals surface area (Å²) in [5, 5.41) is 4.42. The zero-order chi connectivity index (χ0) is 12.3. The summed E-state index contributed by atoms with van der Waals surface area (Å²) in [5.41, 5.74) is 2.39. The molecule has 1 aliphatic carbocycles. The number of methoxy groups -OCH3 is 1. The van der Waals surface area contributed by atoms with Crippen molar-refractivity contribution in [3.05, 3.63) is 34.3 Å². The molecule has 0 bridgehead atoms.